The van der Waals surface area contributed by atoms with E-state index >= 15 is 0 Å². The van der Waals surface area contributed by atoms with E-state index in [-0.39, 0.29) is 36.2 Å². The van der Waals surface area contributed by atoms with E-state index in [2.05, 4.69) is 38.2 Å². The Bertz CT molecular complexity index is 1020. The second-order valence-corrected chi connectivity index (χ2v) is 18.1. The maximum absolute atomic E-state index is 12.8. The number of nitrogens with zero attached hydrogens (tertiary/aromatic N) is 1. The van der Waals surface area contributed by atoms with Crippen molar-refractivity contribution in [3.05, 3.63) is 24.3 Å². The number of unbranched alkanes of at least 4 members (excludes halogenated alkanes) is 28. The summed E-state index contributed by atoms with van der Waals surface area (Å²) < 4.78 is 17.3. The molecule has 0 amide bonds. The van der Waals surface area contributed by atoms with Gasteiger partial charge < -0.3 is 23.8 Å². The summed E-state index contributed by atoms with van der Waals surface area (Å²) in [5, 5.41) is 9.64. The summed E-state index contributed by atoms with van der Waals surface area (Å²) in [6, 6.07) is -0.616. The Morgan fingerprint density at radius 2 is 0.881 bits per heavy atom. The minimum absolute atomic E-state index is 0.0571. The van der Waals surface area contributed by atoms with E-state index in [0.717, 1.165) is 51.4 Å². The monoisotopic (exact) mass is 835 g/mol. The van der Waals surface area contributed by atoms with Crippen LogP contribution in [0.1, 0.15) is 232 Å². The molecule has 0 aromatic carbocycles. The Balaban J connectivity index is 4.28. The molecule has 0 aliphatic carbocycles. The first kappa shape index (κ1) is 56.8. The fourth-order valence-corrected chi connectivity index (χ4v) is 7.50. The number of likely N-dealkylation sites (N-methyl/N-ethyl adjacent to an activating group) is 1. The van der Waals surface area contributed by atoms with Crippen LogP contribution in [0.15, 0.2) is 24.3 Å². The molecule has 0 aliphatic rings. The van der Waals surface area contributed by atoms with Crippen LogP contribution in [0.3, 0.4) is 0 Å². The van der Waals surface area contributed by atoms with E-state index in [1.165, 1.54) is 148 Å². The van der Waals surface area contributed by atoms with Gasteiger partial charge in [0.25, 0.3) is 0 Å². The summed E-state index contributed by atoms with van der Waals surface area (Å²) in [4.78, 5) is 37.1. The third kappa shape index (κ3) is 41.0. The molecule has 0 radical (unpaired) electrons. The number of hydrogen-bond acceptors (Lipinski definition) is 6. The molecule has 2 atom stereocenters. The third-order valence-corrected chi connectivity index (χ3v) is 11.4. The Kier molecular flexibility index (Phi) is 40.9. The van der Waals surface area contributed by atoms with Gasteiger partial charge in [0.05, 0.1) is 34.4 Å². The van der Waals surface area contributed by atoms with Gasteiger partial charge in [-0.05, 0) is 38.5 Å². The first-order valence-electron chi connectivity index (χ1n) is 24.9. The average Bonchev–Trinajstić information content (AvgIpc) is 3.19. The van der Waals surface area contributed by atoms with E-state index in [4.69, 9.17) is 14.2 Å². The number of carboxylic acid groups (broad SMARTS) is 1. The van der Waals surface area contributed by atoms with Gasteiger partial charge in [-0.15, -0.1) is 0 Å². The van der Waals surface area contributed by atoms with Gasteiger partial charge in [-0.1, -0.05) is 199 Å². The van der Waals surface area contributed by atoms with Crippen LogP contribution in [0.4, 0.5) is 0 Å². The van der Waals surface area contributed by atoms with E-state index in [1.807, 2.05) is 21.1 Å². The van der Waals surface area contributed by atoms with Gasteiger partial charge >= 0.3 is 17.9 Å². The van der Waals surface area contributed by atoms with Crippen molar-refractivity contribution in [1.82, 2.24) is 0 Å². The van der Waals surface area contributed by atoms with Crippen LogP contribution in [-0.4, -0.2) is 80.6 Å². The Labute approximate surface area is 364 Å². The lowest BCUT2D eigenvalue weighted by atomic mass is 10.0. The minimum Gasteiger partial charge on any atom is -0.477 e. The maximum atomic E-state index is 12.8. The van der Waals surface area contributed by atoms with E-state index in [0.29, 0.717) is 19.3 Å². The number of esters is 2. The largest absolute Gasteiger partial charge is 0.477 e. The summed E-state index contributed by atoms with van der Waals surface area (Å²) in [5.41, 5.74) is 0. The molecule has 0 aromatic heterocycles. The van der Waals surface area contributed by atoms with Gasteiger partial charge in [-0.3, -0.25) is 9.59 Å². The predicted molar refractivity (Wildman–Crippen MR) is 248 cm³/mol. The lowest BCUT2D eigenvalue weighted by Crippen LogP contribution is -2.50. The number of quaternary nitrogens is 1. The molecule has 0 aliphatic heterocycles. The summed E-state index contributed by atoms with van der Waals surface area (Å²) in [7, 11) is 5.53. The molecule has 0 rings (SSSR count). The van der Waals surface area contributed by atoms with Gasteiger partial charge in [0.15, 0.2) is 12.1 Å². The minimum atomic E-state index is -0.875. The highest BCUT2D eigenvalue weighted by Gasteiger charge is 2.31. The van der Waals surface area contributed by atoms with Gasteiger partial charge in [0.1, 0.15) is 6.61 Å². The molecule has 0 aromatic rings. The predicted octanol–water partition coefficient (Wildman–Crippen LogP) is 14.0. The Morgan fingerprint density at radius 3 is 1.29 bits per heavy atom. The van der Waals surface area contributed by atoms with E-state index in [9.17, 15) is 19.5 Å². The molecule has 8 nitrogen and oxygen atoms in total. The molecule has 0 spiro atoms. The number of ether oxygens (including phenoxy) is 3. The number of carbonyl (C=O) groups excluding carboxylic acids is 2. The Hall–Kier alpha value is -2.19. The number of allylic oxidation sites excluding steroid dienone is 4. The standard InChI is InChI=1S/C51H95NO7/c1-6-8-10-12-14-16-18-20-22-24-25-26-28-30-32-34-36-38-40-42-50(54)59-47(45-57-44-43-48(51(55)56)52(3,4)5)46-58-49(53)41-39-37-35-33-31-29-27-23-21-19-17-15-13-11-9-7-2/h23,27,29,31,47-48H,6-22,24-26,28,30,32-46H2,1-5H3/p+1/b27-23+,31-29+. The van der Waals surface area contributed by atoms with E-state index < -0.39 is 18.1 Å². The molecule has 1 N–H and O–H groups in total. The quantitative estimate of drug-likeness (QED) is 0.0282. The molecule has 346 valence electrons. The van der Waals surface area contributed by atoms with Crippen LogP contribution in [0.2, 0.25) is 0 Å². The van der Waals surface area contributed by atoms with Gasteiger partial charge in [-0.25, -0.2) is 4.79 Å². The summed E-state index contributed by atoms with van der Waals surface area (Å²) in [6.07, 6.45) is 48.0. The van der Waals surface area contributed by atoms with Gasteiger partial charge in [-0.2, -0.15) is 0 Å². The van der Waals surface area contributed by atoms with Crippen LogP contribution >= 0.6 is 0 Å². The zero-order valence-electron chi connectivity index (χ0n) is 39.5. The number of hydrogen-bond donors (Lipinski definition) is 1. The third-order valence-electron chi connectivity index (χ3n) is 11.4. The molecule has 0 bridgehead atoms. The number of carboxylic acids is 1. The fourth-order valence-electron chi connectivity index (χ4n) is 7.50. The summed E-state index contributed by atoms with van der Waals surface area (Å²) >= 11 is 0. The van der Waals surface area contributed by atoms with Crippen LogP contribution in [0.5, 0.6) is 0 Å². The van der Waals surface area contributed by atoms with Gasteiger partial charge in [0.2, 0.25) is 0 Å². The zero-order valence-corrected chi connectivity index (χ0v) is 39.5. The lowest BCUT2D eigenvalue weighted by molar-refractivity contribution is -0.887. The van der Waals surface area contributed by atoms with Crippen molar-refractivity contribution in [2.24, 2.45) is 0 Å². The van der Waals surface area contributed by atoms with Crippen LogP contribution < -0.4 is 0 Å². The molecule has 59 heavy (non-hydrogen) atoms. The molecule has 0 heterocycles. The van der Waals surface area contributed by atoms with Gasteiger partial charge in [0, 0.05) is 19.3 Å². The van der Waals surface area contributed by atoms with Crippen LogP contribution in [0, 0.1) is 0 Å². The second-order valence-electron chi connectivity index (χ2n) is 18.1. The van der Waals surface area contributed by atoms with Crippen LogP contribution in [0.25, 0.3) is 0 Å². The highest BCUT2D eigenvalue weighted by atomic mass is 16.6. The maximum Gasteiger partial charge on any atom is 0.362 e. The van der Waals surface area contributed by atoms with Crippen molar-refractivity contribution < 1.29 is 38.2 Å². The first-order chi connectivity index (χ1) is 28.6. The fraction of sp³-hybridized carbons (Fsp3) is 0.863. The zero-order chi connectivity index (χ0) is 43.5. The lowest BCUT2D eigenvalue weighted by Gasteiger charge is -2.31. The molecule has 0 fully saturated rings. The van der Waals surface area contributed by atoms with Crippen LogP contribution in [-0.2, 0) is 28.6 Å². The molecule has 2 unspecified atom stereocenters. The average molecular weight is 835 g/mol. The van der Waals surface area contributed by atoms with Crippen molar-refractivity contribution in [2.75, 3.05) is 41.0 Å². The topological polar surface area (TPSA) is 99.1 Å². The van der Waals surface area contributed by atoms with Crippen molar-refractivity contribution in [3.8, 4) is 0 Å². The molecule has 0 saturated carbocycles. The number of aliphatic carboxylic acids is 1. The van der Waals surface area contributed by atoms with Crippen molar-refractivity contribution in [3.63, 3.8) is 0 Å². The number of carbonyl (C=O) groups is 3. The Morgan fingerprint density at radius 1 is 0.508 bits per heavy atom. The molecule has 8 heteroatoms. The first-order valence-corrected chi connectivity index (χ1v) is 24.9. The van der Waals surface area contributed by atoms with E-state index in [1.54, 1.807) is 0 Å². The van der Waals surface area contributed by atoms with Crippen molar-refractivity contribution in [2.45, 2.75) is 244 Å². The van der Waals surface area contributed by atoms with Crippen molar-refractivity contribution in [1.29, 1.82) is 0 Å². The normalized spacial score (nSPS) is 13.0. The van der Waals surface area contributed by atoms with Crippen molar-refractivity contribution >= 4 is 17.9 Å². The highest BCUT2D eigenvalue weighted by Crippen LogP contribution is 2.16. The molecular formula is C51H96NO7+. The summed E-state index contributed by atoms with van der Waals surface area (Å²) in [6.45, 7) is 4.74. The second kappa shape index (κ2) is 42.5. The molecule has 0 saturated heterocycles. The number of rotatable bonds is 45. The highest BCUT2D eigenvalue weighted by molar-refractivity contribution is 5.72. The smallest absolute Gasteiger partial charge is 0.362 e. The SMILES string of the molecule is CCCCCCCCC/C=C/C=C/CCCCCC(=O)OCC(COCCC(C(=O)O)[N+](C)(C)C)OC(=O)CCCCCCCCCCCCCCCCCCCCC. The summed E-state index contributed by atoms with van der Waals surface area (Å²) in [5.74, 6) is -1.48. The molecular weight excluding hydrogens is 739 g/mol.